The summed E-state index contributed by atoms with van der Waals surface area (Å²) in [5.41, 5.74) is 3.69. The van der Waals surface area contributed by atoms with Gasteiger partial charge < -0.3 is 5.32 Å². The minimum absolute atomic E-state index is 0.0659. The van der Waals surface area contributed by atoms with Gasteiger partial charge in [-0.05, 0) is 55.4 Å². The van der Waals surface area contributed by atoms with Crippen LogP contribution in [0.3, 0.4) is 0 Å². The van der Waals surface area contributed by atoms with Crippen molar-refractivity contribution >= 4 is 11.6 Å². The lowest BCUT2D eigenvalue weighted by Crippen LogP contribution is -2.39. The van der Waals surface area contributed by atoms with Gasteiger partial charge in [0, 0.05) is 30.2 Å². The van der Waals surface area contributed by atoms with Crippen LogP contribution in [0.2, 0.25) is 0 Å². The van der Waals surface area contributed by atoms with Gasteiger partial charge in [-0.15, -0.1) is 0 Å². The predicted octanol–water partition coefficient (Wildman–Crippen LogP) is 3.56. The third-order valence-corrected chi connectivity index (χ3v) is 5.04. The van der Waals surface area contributed by atoms with E-state index in [1.165, 1.54) is 30.4 Å². The van der Waals surface area contributed by atoms with Crippen LogP contribution < -0.4 is 5.32 Å². The molecule has 1 heterocycles. The van der Waals surface area contributed by atoms with Gasteiger partial charge in [0.2, 0.25) is 5.91 Å². The van der Waals surface area contributed by atoms with Crippen molar-refractivity contribution in [1.82, 2.24) is 9.88 Å². The van der Waals surface area contributed by atoms with Crippen LogP contribution in [0.5, 0.6) is 0 Å². The summed E-state index contributed by atoms with van der Waals surface area (Å²) < 4.78 is 0. The van der Waals surface area contributed by atoms with E-state index < -0.39 is 0 Å². The Balaban J connectivity index is 1.50. The summed E-state index contributed by atoms with van der Waals surface area (Å²) >= 11 is 0. The van der Waals surface area contributed by atoms with Gasteiger partial charge >= 0.3 is 0 Å². The summed E-state index contributed by atoms with van der Waals surface area (Å²) in [6.07, 6.45) is 9.33. The van der Waals surface area contributed by atoms with E-state index in [1.54, 1.807) is 12.4 Å². The van der Waals surface area contributed by atoms with E-state index in [-0.39, 0.29) is 5.91 Å². The second-order valence-electron chi connectivity index (χ2n) is 6.79. The molecular weight excluding hydrogens is 298 g/mol. The number of hydrogen-bond acceptors (Lipinski definition) is 3. The molecule has 0 spiro atoms. The van der Waals surface area contributed by atoms with E-state index in [4.69, 9.17) is 0 Å². The third-order valence-electron chi connectivity index (χ3n) is 5.04. The fourth-order valence-corrected chi connectivity index (χ4v) is 3.77. The topological polar surface area (TPSA) is 45.2 Å². The van der Waals surface area contributed by atoms with Gasteiger partial charge in [-0.25, -0.2) is 0 Å². The van der Waals surface area contributed by atoms with Crippen molar-refractivity contribution in [3.05, 3.63) is 59.9 Å². The van der Waals surface area contributed by atoms with E-state index in [9.17, 15) is 4.79 Å². The molecule has 2 aliphatic rings. The highest BCUT2D eigenvalue weighted by atomic mass is 16.2. The van der Waals surface area contributed by atoms with Crippen molar-refractivity contribution in [1.29, 1.82) is 0 Å². The number of carbonyl (C=O) groups is 1. The number of carbonyl (C=O) groups excluding carboxylic acids is 1. The molecule has 1 N–H and O–H groups in total. The Labute approximate surface area is 142 Å². The number of rotatable bonds is 5. The van der Waals surface area contributed by atoms with Gasteiger partial charge in [0.1, 0.15) is 0 Å². The average molecular weight is 321 g/mol. The van der Waals surface area contributed by atoms with Gasteiger partial charge in [-0.1, -0.05) is 24.3 Å². The average Bonchev–Trinajstić information content (AvgIpc) is 3.45. The fourth-order valence-electron chi connectivity index (χ4n) is 3.77. The highest BCUT2D eigenvalue weighted by Crippen LogP contribution is 2.40. The van der Waals surface area contributed by atoms with E-state index in [1.807, 2.05) is 12.1 Å². The Morgan fingerprint density at radius 3 is 2.71 bits per heavy atom. The summed E-state index contributed by atoms with van der Waals surface area (Å²) in [4.78, 5) is 19.0. The van der Waals surface area contributed by atoms with Crippen molar-refractivity contribution in [2.24, 2.45) is 0 Å². The Kier molecular flexibility index (Phi) is 4.30. The lowest BCUT2D eigenvalue weighted by atomic mass is 9.86. The molecule has 1 aromatic carbocycles. The second-order valence-corrected chi connectivity index (χ2v) is 6.79. The van der Waals surface area contributed by atoms with E-state index >= 15 is 0 Å². The number of hydrogen-bond donors (Lipinski definition) is 1. The summed E-state index contributed by atoms with van der Waals surface area (Å²) in [5, 5.41) is 3.00. The number of aromatic nitrogens is 1. The summed E-state index contributed by atoms with van der Waals surface area (Å²) in [6.45, 7) is 0.464. The van der Waals surface area contributed by atoms with Crippen LogP contribution >= 0.6 is 0 Å². The fraction of sp³-hybridized carbons (Fsp3) is 0.400. The first-order valence-electron chi connectivity index (χ1n) is 8.85. The van der Waals surface area contributed by atoms with Crippen LogP contribution in [-0.4, -0.2) is 28.4 Å². The van der Waals surface area contributed by atoms with Crippen LogP contribution in [-0.2, 0) is 11.2 Å². The highest BCUT2D eigenvalue weighted by Gasteiger charge is 2.37. The molecular formula is C20H23N3O. The normalized spacial score (nSPS) is 19.8. The number of fused-ring (bicyclic) bond motifs is 1. The highest BCUT2D eigenvalue weighted by molar-refractivity contribution is 5.92. The first-order valence-corrected chi connectivity index (χ1v) is 8.85. The Bertz CT molecular complexity index is 712. The monoisotopic (exact) mass is 321 g/mol. The lowest BCUT2D eigenvalue weighted by molar-refractivity contribution is -0.118. The van der Waals surface area contributed by atoms with Crippen LogP contribution in [0.25, 0.3) is 0 Å². The molecule has 124 valence electrons. The first-order chi connectivity index (χ1) is 11.8. The molecule has 2 aliphatic carbocycles. The molecule has 1 saturated carbocycles. The quantitative estimate of drug-likeness (QED) is 0.916. The molecule has 1 aromatic heterocycles. The number of nitrogens with zero attached hydrogens (tertiary/aromatic N) is 2. The Morgan fingerprint density at radius 1 is 1.12 bits per heavy atom. The maximum absolute atomic E-state index is 12.5. The Hall–Kier alpha value is -2.20. The minimum atomic E-state index is 0.0659. The van der Waals surface area contributed by atoms with Gasteiger partial charge in [0.25, 0.3) is 0 Å². The molecule has 2 aromatic rings. The molecule has 0 radical (unpaired) electrons. The maximum Gasteiger partial charge on any atom is 0.238 e. The molecule has 4 heteroatoms. The molecule has 4 nitrogen and oxygen atoms in total. The largest absolute Gasteiger partial charge is 0.325 e. The van der Waals surface area contributed by atoms with Gasteiger partial charge in [-0.3, -0.25) is 14.7 Å². The number of aryl methyl sites for hydroxylation is 1. The van der Waals surface area contributed by atoms with Crippen LogP contribution in [0.1, 0.15) is 42.9 Å². The third kappa shape index (κ3) is 3.34. The van der Waals surface area contributed by atoms with E-state index in [0.29, 0.717) is 18.6 Å². The number of benzene rings is 1. The number of amides is 1. The van der Waals surface area contributed by atoms with Gasteiger partial charge in [0.15, 0.2) is 0 Å². The SMILES string of the molecule is O=C(CN(C1CC1)C1CCCc2ccccc21)Nc1ccncc1. The van der Waals surface area contributed by atoms with Crippen molar-refractivity contribution in [2.75, 3.05) is 11.9 Å². The van der Waals surface area contributed by atoms with Crippen molar-refractivity contribution < 1.29 is 4.79 Å². The van der Waals surface area contributed by atoms with Gasteiger partial charge in [0.05, 0.1) is 6.54 Å². The zero-order valence-electron chi connectivity index (χ0n) is 13.8. The zero-order valence-corrected chi connectivity index (χ0v) is 13.8. The first kappa shape index (κ1) is 15.3. The molecule has 0 aliphatic heterocycles. The van der Waals surface area contributed by atoms with Crippen molar-refractivity contribution in [3.8, 4) is 0 Å². The number of pyridine rings is 1. The zero-order chi connectivity index (χ0) is 16.4. The number of nitrogens with one attached hydrogen (secondary N) is 1. The molecule has 0 bridgehead atoms. The molecule has 1 fully saturated rings. The minimum Gasteiger partial charge on any atom is -0.325 e. The summed E-state index contributed by atoms with van der Waals surface area (Å²) in [5.74, 6) is 0.0659. The molecule has 24 heavy (non-hydrogen) atoms. The second kappa shape index (κ2) is 6.73. The van der Waals surface area contributed by atoms with Crippen LogP contribution in [0.4, 0.5) is 5.69 Å². The smallest absolute Gasteiger partial charge is 0.238 e. The summed E-state index contributed by atoms with van der Waals surface area (Å²) in [7, 11) is 0. The van der Waals surface area contributed by atoms with Crippen LogP contribution in [0.15, 0.2) is 48.8 Å². The van der Waals surface area contributed by atoms with E-state index in [2.05, 4.69) is 39.5 Å². The van der Waals surface area contributed by atoms with Crippen molar-refractivity contribution in [3.63, 3.8) is 0 Å². The molecule has 0 saturated heterocycles. The van der Waals surface area contributed by atoms with Crippen molar-refractivity contribution in [2.45, 2.75) is 44.2 Å². The van der Waals surface area contributed by atoms with Crippen LogP contribution in [0, 0.1) is 0 Å². The maximum atomic E-state index is 12.5. The summed E-state index contributed by atoms with van der Waals surface area (Å²) in [6, 6.07) is 13.3. The predicted molar refractivity (Wildman–Crippen MR) is 94.7 cm³/mol. The lowest BCUT2D eigenvalue weighted by Gasteiger charge is -2.35. The van der Waals surface area contributed by atoms with E-state index in [0.717, 1.165) is 18.5 Å². The molecule has 1 atom stereocenters. The standard InChI is InChI=1S/C20H23N3O/c24-20(22-16-10-12-21-13-11-16)14-23(17-8-9-17)19-7-3-5-15-4-1-2-6-18(15)19/h1-2,4,6,10-13,17,19H,3,5,7-9,14H2,(H,21,22,24). The Morgan fingerprint density at radius 2 is 1.92 bits per heavy atom. The number of anilines is 1. The molecule has 1 amide bonds. The molecule has 1 unspecified atom stereocenters. The molecule has 4 rings (SSSR count). The van der Waals surface area contributed by atoms with Gasteiger partial charge in [-0.2, -0.15) is 0 Å².